The van der Waals surface area contributed by atoms with Crippen LogP contribution in [0.4, 0.5) is 17.1 Å². The van der Waals surface area contributed by atoms with E-state index in [9.17, 15) is 0 Å². The summed E-state index contributed by atoms with van der Waals surface area (Å²) in [7, 11) is 0. The highest BCUT2D eigenvalue weighted by Gasteiger charge is 2.24. The predicted octanol–water partition coefficient (Wildman–Crippen LogP) is 15.6. The molecular weight excluding hydrogens is 701 g/mol. The molecule has 0 radical (unpaired) electrons. The van der Waals surface area contributed by atoms with E-state index in [1.165, 1.54) is 71.2 Å². The molecule has 10 aromatic carbocycles. The van der Waals surface area contributed by atoms with Gasteiger partial charge in [0.15, 0.2) is 0 Å². The van der Waals surface area contributed by atoms with Crippen molar-refractivity contribution in [2.24, 2.45) is 0 Å². The van der Waals surface area contributed by atoms with Crippen LogP contribution in [-0.2, 0) is 0 Å². The van der Waals surface area contributed by atoms with E-state index < -0.39 is 0 Å². The maximum Gasteiger partial charge on any atom is 0.0562 e. The Kier molecular flexibility index (Phi) is 8.19. The Balaban J connectivity index is 1.24. The molecule has 0 amide bonds. The maximum atomic E-state index is 2.50. The topological polar surface area (TPSA) is 8.17 Å². The number of anilines is 3. The first kappa shape index (κ1) is 33.6. The van der Waals surface area contributed by atoms with Gasteiger partial charge in [0.25, 0.3) is 0 Å². The fourth-order valence-corrected chi connectivity index (χ4v) is 9.02. The number of nitrogens with zero attached hydrogens (tertiary/aromatic N) is 2. The van der Waals surface area contributed by atoms with Crippen LogP contribution in [0.3, 0.4) is 0 Å². The Morgan fingerprint density at radius 3 is 1.66 bits per heavy atom. The van der Waals surface area contributed by atoms with Crippen molar-refractivity contribution in [2.45, 2.75) is 0 Å². The van der Waals surface area contributed by atoms with Gasteiger partial charge in [0, 0.05) is 27.5 Å². The van der Waals surface area contributed by atoms with Crippen LogP contribution in [0.15, 0.2) is 231 Å². The van der Waals surface area contributed by atoms with Gasteiger partial charge in [0.1, 0.15) is 0 Å². The van der Waals surface area contributed by atoms with Crippen LogP contribution in [0.25, 0.3) is 82.4 Å². The molecule has 1 aromatic heterocycles. The second-order valence-corrected chi connectivity index (χ2v) is 14.9. The number of hydrogen-bond acceptors (Lipinski definition) is 1. The molecule has 58 heavy (non-hydrogen) atoms. The average Bonchev–Trinajstić information content (AvgIpc) is 3.65. The lowest BCUT2D eigenvalue weighted by Crippen LogP contribution is -2.11. The van der Waals surface area contributed by atoms with Crippen LogP contribution < -0.4 is 4.90 Å². The van der Waals surface area contributed by atoms with Gasteiger partial charge in [-0.3, -0.25) is 0 Å². The monoisotopic (exact) mass is 738 g/mol. The molecule has 0 N–H and O–H groups in total. The lowest BCUT2D eigenvalue weighted by Gasteiger charge is -2.29. The van der Waals surface area contributed by atoms with Crippen molar-refractivity contribution in [1.82, 2.24) is 4.57 Å². The molecule has 0 aliphatic heterocycles. The number of benzene rings is 10. The highest BCUT2D eigenvalue weighted by Crippen LogP contribution is 2.48. The molecule has 272 valence electrons. The Morgan fingerprint density at radius 2 is 0.879 bits per heavy atom. The van der Waals surface area contributed by atoms with Crippen LogP contribution in [0, 0.1) is 0 Å². The predicted molar refractivity (Wildman–Crippen MR) is 247 cm³/mol. The molecule has 2 heteroatoms. The third kappa shape index (κ3) is 5.57. The summed E-state index contributed by atoms with van der Waals surface area (Å²) in [6, 6.07) is 83.8. The Labute approximate surface area is 338 Å². The minimum absolute atomic E-state index is 1.09. The molecule has 0 aliphatic rings. The normalized spacial score (nSPS) is 11.4. The highest BCUT2D eigenvalue weighted by atomic mass is 15.1. The number of hydrogen-bond donors (Lipinski definition) is 0. The minimum Gasteiger partial charge on any atom is -0.309 e. The van der Waals surface area contributed by atoms with Gasteiger partial charge in [-0.15, -0.1) is 0 Å². The average molecular weight is 739 g/mol. The van der Waals surface area contributed by atoms with Gasteiger partial charge in [-0.25, -0.2) is 0 Å². The van der Waals surface area contributed by atoms with E-state index in [1.54, 1.807) is 0 Å². The number of para-hydroxylation sites is 2. The largest absolute Gasteiger partial charge is 0.309 e. The molecule has 0 saturated carbocycles. The van der Waals surface area contributed by atoms with Crippen LogP contribution in [-0.4, -0.2) is 4.57 Å². The van der Waals surface area contributed by atoms with E-state index >= 15 is 0 Å². The molecule has 0 bridgehead atoms. The molecule has 1 heterocycles. The molecule has 0 unspecified atom stereocenters. The van der Waals surface area contributed by atoms with Gasteiger partial charge in [0.2, 0.25) is 0 Å². The van der Waals surface area contributed by atoms with Crippen LogP contribution >= 0.6 is 0 Å². The standard InChI is InChI=1S/C56H38N2/c1-4-18-39(19-5-1)45-36-37-53(49-28-13-12-27-47(45)49)58(55-33-17-32-54-56(55)50-29-14-15-31-52(50)57(54)42-24-8-3-9-25-42)43-34-35-48(51(38-43)41-20-6-2-7-21-41)46-30-16-23-40-22-10-11-26-44(40)46/h1-38H. The molecule has 11 rings (SSSR count). The van der Waals surface area contributed by atoms with Crippen molar-refractivity contribution in [3.05, 3.63) is 231 Å². The second-order valence-electron chi connectivity index (χ2n) is 14.9. The van der Waals surface area contributed by atoms with E-state index in [2.05, 4.69) is 240 Å². The Bertz CT molecular complexity index is 3270. The summed E-state index contributed by atoms with van der Waals surface area (Å²) in [5, 5.41) is 7.29. The summed E-state index contributed by atoms with van der Waals surface area (Å²) >= 11 is 0. The third-order valence-electron chi connectivity index (χ3n) is 11.6. The van der Waals surface area contributed by atoms with Crippen molar-refractivity contribution in [3.63, 3.8) is 0 Å². The molecular formula is C56H38N2. The number of fused-ring (bicyclic) bond motifs is 5. The Hall–Kier alpha value is -7.68. The summed E-state index contributed by atoms with van der Waals surface area (Å²) in [4.78, 5) is 2.50. The molecule has 0 fully saturated rings. The molecule has 0 aliphatic carbocycles. The van der Waals surface area contributed by atoms with E-state index in [0.717, 1.165) is 28.3 Å². The summed E-state index contributed by atoms with van der Waals surface area (Å²) in [6.45, 7) is 0. The summed E-state index contributed by atoms with van der Waals surface area (Å²) in [5.41, 5.74) is 14.0. The zero-order chi connectivity index (χ0) is 38.4. The Morgan fingerprint density at radius 1 is 0.310 bits per heavy atom. The first-order chi connectivity index (χ1) is 28.8. The van der Waals surface area contributed by atoms with Crippen LogP contribution in [0.5, 0.6) is 0 Å². The minimum atomic E-state index is 1.09. The number of rotatable bonds is 7. The van der Waals surface area contributed by atoms with Crippen molar-refractivity contribution in [3.8, 4) is 39.1 Å². The molecule has 0 atom stereocenters. The lowest BCUT2D eigenvalue weighted by molar-refractivity contribution is 1.18. The van der Waals surface area contributed by atoms with E-state index in [-0.39, 0.29) is 0 Å². The van der Waals surface area contributed by atoms with Gasteiger partial charge in [-0.05, 0) is 98.1 Å². The first-order valence-corrected chi connectivity index (χ1v) is 19.9. The molecule has 2 nitrogen and oxygen atoms in total. The summed E-state index contributed by atoms with van der Waals surface area (Å²) in [6.07, 6.45) is 0. The van der Waals surface area contributed by atoms with Crippen molar-refractivity contribution < 1.29 is 0 Å². The van der Waals surface area contributed by atoms with Gasteiger partial charge in [-0.2, -0.15) is 0 Å². The van der Waals surface area contributed by atoms with E-state index in [1.807, 2.05) is 0 Å². The maximum absolute atomic E-state index is 2.50. The van der Waals surface area contributed by atoms with Crippen LogP contribution in [0.1, 0.15) is 0 Å². The summed E-state index contributed by atoms with van der Waals surface area (Å²) in [5.74, 6) is 0. The van der Waals surface area contributed by atoms with E-state index in [4.69, 9.17) is 0 Å². The molecule has 0 spiro atoms. The first-order valence-electron chi connectivity index (χ1n) is 19.9. The van der Waals surface area contributed by atoms with Crippen molar-refractivity contribution in [2.75, 3.05) is 4.90 Å². The van der Waals surface area contributed by atoms with Crippen molar-refractivity contribution in [1.29, 1.82) is 0 Å². The fourth-order valence-electron chi connectivity index (χ4n) is 9.02. The zero-order valence-corrected chi connectivity index (χ0v) is 31.8. The third-order valence-corrected chi connectivity index (χ3v) is 11.6. The zero-order valence-electron chi connectivity index (χ0n) is 31.8. The van der Waals surface area contributed by atoms with Gasteiger partial charge >= 0.3 is 0 Å². The van der Waals surface area contributed by atoms with Gasteiger partial charge in [-0.1, -0.05) is 182 Å². The molecule has 0 saturated heterocycles. The quantitative estimate of drug-likeness (QED) is 0.158. The lowest BCUT2D eigenvalue weighted by atomic mass is 9.90. The van der Waals surface area contributed by atoms with Gasteiger partial charge in [0.05, 0.1) is 22.4 Å². The smallest absolute Gasteiger partial charge is 0.0562 e. The van der Waals surface area contributed by atoms with Crippen molar-refractivity contribution >= 4 is 60.4 Å². The second kappa shape index (κ2) is 14.1. The van der Waals surface area contributed by atoms with E-state index in [0.29, 0.717) is 0 Å². The van der Waals surface area contributed by atoms with Gasteiger partial charge < -0.3 is 9.47 Å². The highest BCUT2D eigenvalue weighted by molar-refractivity contribution is 6.18. The fraction of sp³-hybridized carbons (Fsp3) is 0. The van der Waals surface area contributed by atoms with Crippen LogP contribution in [0.2, 0.25) is 0 Å². The number of aromatic nitrogens is 1. The molecule has 11 aromatic rings. The summed E-state index contributed by atoms with van der Waals surface area (Å²) < 4.78 is 2.40. The SMILES string of the molecule is c1ccc(-c2cc(N(c3ccc(-c4ccccc4)c4ccccc34)c3cccc4c3c3ccccc3n4-c3ccccc3)ccc2-c2cccc3ccccc23)cc1.